The van der Waals surface area contributed by atoms with Gasteiger partial charge in [0.2, 0.25) is 10.0 Å². The van der Waals surface area contributed by atoms with Crippen LogP contribution in [0.25, 0.3) is 0 Å². The maximum Gasteiger partial charge on any atom is 0.244 e. The highest BCUT2D eigenvalue weighted by Gasteiger charge is 2.33. The van der Waals surface area contributed by atoms with Crippen molar-refractivity contribution >= 4 is 21.6 Å². The minimum atomic E-state index is -3.74. The molecule has 108 valence electrons. The van der Waals surface area contributed by atoms with Gasteiger partial charge in [-0.1, -0.05) is 18.5 Å². The van der Waals surface area contributed by atoms with Gasteiger partial charge in [0.15, 0.2) is 0 Å². The Hall–Kier alpha value is -1.13. The number of benzene rings is 1. The van der Waals surface area contributed by atoms with Gasteiger partial charge in [0.25, 0.3) is 0 Å². The van der Waals surface area contributed by atoms with Crippen LogP contribution >= 0.6 is 11.6 Å². The molecule has 1 heterocycles. The zero-order chi connectivity index (χ0) is 14.9. The third-order valence-electron chi connectivity index (χ3n) is 3.50. The molecular formula is C13H15ClN2O3S. The summed E-state index contributed by atoms with van der Waals surface area (Å²) in [6.45, 7) is 2.30. The zero-order valence-electron chi connectivity index (χ0n) is 11.0. The van der Waals surface area contributed by atoms with Crippen molar-refractivity contribution in [1.29, 1.82) is 5.26 Å². The quantitative estimate of drug-likeness (QED) is 0.899. The predicted octanol–water partition coefficient (Wildman–Crippen LogP) is 1.60. The van der Waals surface area contributed by atoms with Crippen LogP contribution in [0.2, 0.25) is 5.02 Å². The minimum Gasteiger partial charge on any atom is -0.393 e. The van der Waals surface area contributed by atoms with Crippen molar-refractivity contribution in [2.24, 2.45) is 5.92 Å². The monoisotopic (exact) mass is 314 g/mol. The summed E-state index contributed by atoms with van der Waals surface area (Å²) in [7, 11) is -3.74. The van der Waals surface area contributed by atoms with Gasteiger partial charge in [-0.15, -0.1) is 0 Å². The standard InChI is InChI=1S/C13H15ClN2O3S/c1-9-8-16(5-4-12(9)17)20(18,19)13-6-10(7-15)2-3-11(13)14/h2-3,6,9,12,17H,4-5,8H2,1H3. The molecule has 1 aromatic carbocycles. The summed E-state index contributed by atoms with van der Waals surface area (Å²) in [6, 6.07) is 6.08. The van der Waals surface area contributed by atoms with Gasteiger partial charge in [-0.25, -0.2) is 8.42 Å². The Balaban J connectivity index is 2.38. The van der Waals surface area contributed by atoms with Crippen LogP contribution in [0.4, 0.5) is 0 Å². The summed E-state index contributed by atoms with van der Waals surface area (Å²) in [4.78, 5) is -0.0539. The molecule has 5 nitrogen and oxygen atoms in total. The molecule has 20 heavy (non-hydrogen) atoms. The number of aliphatic hydroxyl groups excluding tert-OH is 1. The molecule has 1 fully saturated rings. The number of hydrogen-bond donors (Lipinski definition) is 1. The van der Waals surface area contributed by atoms with Crippen molar-refractivity contribution in [3.05, 3.63) is 28.8 Å². The highest BCUT2D eigenvalue weighted by atomic mass is 35.5. The zero-order valence-corrected chi connectivity index (χ0v) is 12.5. The summed E-state index contributed by atoms with van der Waals surface area (Å²) in [5, 5.41) is 18.6. The lowest BCUT2D eigenvalue weighted by molar-refractivity contribution is 0.0628. The molecule has 1 aromatic rings. The molecule has 0 radical (unpaired) electrons. The number of rotatable bonds is 2. The van der Waals surface area contributed by atoms with Crippen molar-refractivity contribution in [2.75, 3.05) is 13.1 Å². The number of nitriles is 1. The Morgan fingerprint density at radius 1 is 1.50 bits per heavy atom. The molecule has 0 bridgehead atoms. The van der Waals surface area contributed by atoms with Gasteiger partial charge in [-0.2, -0.15) is 9.57 Å². The smallest absolute Gasteiger partial charge is 0.244 e. The van der Waals surface area contributed by atoms with E-state index in [9.17, 15) is 13.5 Å². The summed E-state index contributed by atoms with van der Waals surface area (Å²) in [5.74, 6) is -0.128. The Morgan fingerprint density at radius 2 is 2.20 bits per heavy atom. The molecule has 7 heteroatoms. The van der Waals surface area contributed by atoms with Gasteiger partial charge in [0, 0.05) is 13.1 Å². The number of piperidine rings is 1. The van der Waals surface area contributed by atoms with Crippen LogP contribution in [0.15, 0.2) is 23.1 Å². The Kier molecular flexibility index (Phi) is 4.35. The Labute approximate surface area is 123 Å². The SMILES string of the molecule is CC1CN(S(=O)(=O)c2cc(C#N)ccc2Cl)CCC1O. The lowest BCUT2D eigenvalue weighted by Crippen LogP contribution is -2.44. The molecule has 2 unspecified atom stereocenters. The van der Waals surface area contributed by atoms with Crippen LogP contribution in [0.5, 0.6) is 0 Å². The third kappa shape index (κ3) is 2.81. The van der Waals surface area contributed by atoms with E-state index in [-0.39, 0.29) is 34.5 Å². The van der Waals surface area contributed by atoms with E-state index in [0.717, 1.165) is 0 Å². The number of sulfonamides is 1. The van der Waals surface area contributed by atoms with E-state index in [0.29, 0.717) is 6.42 Å². The Morgan fingerprint density at radius 3 is 2.80 bits per heavy atom. The van der Waals surface area contributed by atoms with Crippen molar-refractivity contribution in [1.82, 2.24) is 4.31 Å². The van der Waals surface area contributed by atoms with Crippen LogP contribution in [0.3, 0.4) is 0 Å². The van der Waals surface area contributed by atoms with Crippen LogP contribution < -0.4 is 0 Å². The van der Waals surface area contributed by atoms with Crippen molar-refractivity contribution in [3.8, 4) is 6.07 Å². The fourth-order valence-corrected chi connectivity index (χ4v) is 4.28. The van der Waals surface area contributed by atoms with Crippen molar-refractivity contribution in [2.45, 2.75) is 24.3 Å². The fourth-order valence-electron chi connectivity index (χ4n) is 2.22. The molecule has 1 aliphatic rings. The Bertz CT molecular complexity index is 654. The molecule has 0 aliphatic carbocycles. The first-order valence-corrected chi connectivity index (χ1v) is 8.06. The fraction of sp³-hybridized carbons (Fsp3) is 0.462. The lowest BCUT2D eigenvalue weighted by Gasteiger charge is -2.33. The molecule has 1 aliphatic heterocycles. The summed E-state index contributed by atoms with van der Waals surface area (Å²) in [6.07, 6.45) is -0.0852. The number of hydrogen-bond acceptors (Lipinski definition) is 4. The van der Waals surface area contributed by atoms with E-state index in [1.807, 2.05) is 6.07 Å². The van der Waals surface area contributed by atoms with Gasteiger partial charge in [-0.3, -0.25) is 0 Å². The largest absolute Gasteiger partial charge is 0.393 e. The topological polar surface area (TPSA) is 81.4 Å². The second-order valence-corrected chi connectivity index (χ2v) is 7.27. The number of aliphatic hydroxyl groups is 1. The first-order valence-electron chi connectivity index (χ1n) is 6.24. The first kappa shape index (κ1) is 15.3. The maximum absolute atomic E-state index is 12.6. The number of nitrogens with zero attached hydrogens (tertiary/aromatic N) is 2. The van der Waals surface area contributed by atoms with E-state index in [1.54, 1.807) is 6.92 Å². The van der Waals surface area contributed by atoms with Crippen LogP contribution in [-0.4, -0.2) is 37.0 Å². The van der Waals surface area contributed by atoms with Gasteiger partial charge in [0.05, 0.1) is 22.8 Å². The highest BCUT2D eigenvalue weighted by Crippen LogP contribution is 2.29. The van der Waals surface area contributed by atoms with Crippen LogP contribution in [0.1, 0.15) is 18.9 Å². The summed E-state index contributed by atoms with van der Waals surface area (Å²) in [5.41, 5.74) is 0.248. The molecule has 0 spiro atoms. The molecule has 0 saturated carbocycles. The predicted molar refractivity (Wildman–Crippen MR) is 74.7 cm³/mol. The molecule has 2 atom stereocenters. The maximum atomic E-state index is 12.6. The van der Waals surface area contributed by atoms with Crippen LogP contribution in [-0.2, 0) is 10.0 Å². The lowest BCUT2D eigenvalue weighted by atomic mass is 9.99. The van der Waals surface area contributed by atoms with Gasteiger partial charge >= 0.3 is 0 Å². The number of halogens is 1. The summed E-state index contributed by atoms with van der Waals surface area (Å²) < 4.78 is 26.5. The van der Waals surface area contributed by atoms with Crippen molar-refractivity contribution < 1.29 is 13.5 Å². The highest BCUT2D eigenvalue weighted by molar-refractivity contribution is 7.89. The third-order valence-corrected chi connectivity index (χ3v) is 5.85. The van der Waals surface area contributed by atoms with E-state index in [4.69, 9.17) is 16.9 Å². The molecular weight excluding hydrogens is 300 g/mol. The summed E-state index contributed by atoms with van der Waals surface area (Å²) >= 11 is 5.96. The van der Waals surface area contributed by atoms with E-state index < -0.39 is 16.1 Å². The van der Waals surface area contributed by atoms with E-state index in [2.05, 4.69) is 0 Å². The first-order chi connectivity index (χ1) is 9.36. The molecule has 2 rings (SSSR count). The van der Waals surface area contributed by atoms with E-state index >= 15 is 0 Å². The molecule has 1 N–H and O–H groups in total. The van der Waals surface area contributed by atoms with Gasteiger partial charge in [-0.05, 0) is 30.5 Å². The van der Waals surface area contributed by atoms with Crippen molar-refractivity contribution in [3.63, 3.8) is 0 Å². The molecule has 0 aromatic heterocycles. The second kappa shape index (κ2) is 5.70. The van der Waals surface area contributed by atoms with Gasteiger partial charge < -0.3 is 5.11 Å². The molecule has 1 saturated heterocycles. The van der Waals surface area contributed by atoms with Gasteiger partial charge in [0.1, 0.15) is 4.90 Å². The average Bonchev–Trinajstić information content (AvgIpc) is 2.42. The molecule has 0 amide bonds. The van der Waals surface area contributed by atoms with Crippen LogP contribution in [0, 0.1) is 17.2 Å². The normalized spacial score (nSPS) is 24.3. The average molecular weight is 315 g/mol. The van der Waals surface area contributed by atoms with E-state index in [1.165, 1.54) is 22.5 Å². The second-order valence-electron chi connectivity index (χ2n) is 4.95. The minimum absolute atomic E-state index is 0.0539.